The Labute approximate surface area is 408 Å². The van der Waals surface area contributed by atoms with E-state index in [0.29, 0.717) is 30.9 Å². The predicted molar refractivity (Wildman–Crippen MR) is 248 cm³/mol. The largest absolute Gasteiger partial charge is 1.00 e. The Morgan fingerprint density at radius 2 is 1.14 bits per heavy atom. The zero-order chi connectivity index (χ0) is 44.9. The second kappa shape index (κ2) is 40.2. The zero-order valence-electron chi connectivity index (χ0n) is 39.9. The number of carbonyl (C=O) groups excluding carboxylic acids is 4. The normalized spacial score (nSPS) is 18.1. The molecule has 0 bridgehead atoms. The van der Waals surface area contributed by atoms with Crippen LogP contribution in [0.2, 0.25) is 0 Å². The molecule has 5 atom stereocenters. The van der Waals surface area contributed by atoms with Gasteiger partial charge in [0.05, 0.1) is 25.3 Å². The first-order chi connectivity index (χ1) is 30.1. The molecule has 0 radical (unpaired) electrons. The van der Waals surface area contributed by atoms with Crippen molar-refractivity contribution in [1.82, 2.24) is 16.0 Å². The first-order valence-corrected chi connectivity index (χ1v) is 27.5. The van der Waals surface area contributed by atoms with Gasteiger partial charge in [0.1, 0.15) is 6.61 Å². The molecule has 3 N–H and O–H groups in total. The molecule has 2 rings (SSSR count). The van der Waals surface area contributed by atoms with Gasteiger partial charge in [-0.15, -0.1) is 0 Å². The molecule has 2 heterocycles. The van der Waals surface area contributed by atoms with E-state index in [1.54, 1.807) is 0 Å². The molecular weight excluding hydrogens is 853 g/mol. The van der Waals surface area contributed by atoms with E-state index in [-0.39, 0.29) is 86.2 Å². The topological polar surface area (TPSA) is 181 Å². The smallest absolute Gasteiger partial charge is 0.756 e. The maximum atomic E-state index is 12.8. The number of carbonyl (C=O) groups is 4. The quantitative estimate of drug-likeness (QED) is 0.0179. The fourth-order valence-electron chi connectivity index (χ4n) is 8.12. The van der Waals surface area contributed by atoms with Crippen LogP contribution in [0.5, 0.6) is 0 Å². The number of esters is 2. The number of amides is 3. The number of phosphoric acid groups is 1. The summed E-state index contributed by atoms with van der Waals surface area (Å²) in [5.74, 6) is -0.236. The van der Waals surface area contributed by atoms with Gasteiger partial charge in [-0.05, 0) is 25.7 Å². The number of hydrogen-bond acceptors (Lipinski definition) is 11. The summed E-state index contributed by atoms with van der Waals surface area (Å²) in [4.78, 5) is 61.8. The average molecular weight is 940 g/mol. The SMILES string of the molecule is CCCCCCCCCCCCCCCC(=O)OCC(COP(=O)([O-])OCCNC(=O)CCCCC1SCC2NC(=O)NC21)OC(=O)CCCCCCCCCCCCCCC.[Na+]. The van der Waals surface area contributed by atoms with Gasteiger partial charge < -0.3 is 39.4 Å². The molecule has 0 aromatic carbocycles. The molecule has 362 valence electrons. The van der Waals surface area contributed by atoms with Crippen LogP contribution in [0.4, 0.5) is 4.79 Å². The van der Waals surface area contributed by atoms with Crippen LogP contribution >= 0.6 is 19.6 Å². The number of nitrogens with one attached hydrogen (secondary N) is 3. The van der Waals surface area contributed by atoms with Gasteiger partial charge >= 0.3 is 47.5 Å². The van der Waals surface area contributed by atoms with Gasteiger partial charge in [0.15, 0.2) is 6.10 Å². The van der Waals surface area contributed by atoms with Crippen molar-refractivity contribution in [2.24, 2.45) is 0 Å². The molecule has 0 spiro atoms. The number of phosphoric ester groups is 1. The predicted octanol–water partition coefficient (Wildman–Crippen LogP) is 7.75. The summed E-state index contributed by atoms with van der Waals surface area (Å²) in [5, 5.41) is 8.90. The third-order valence-corrected chi connectivity index (χ3v) is 14.3. The van der Waals surface area contributed by atoms with Gasteiger partial charge in [-0.25, -0.2) is 4.79 Å². The molecule has 2 fully saturated rings. The standard InChI is InChI=1S/C47H88N3O10PS.Na/c1-3-5-7-9-11-13-15-17-19-21-23-25-27-33-44(52)57-37-40(60-45(53)34-28-26-24-22-20-18-16-14-12-10-8-6-4-2)38-59-61(55,56)58-36-35-48-43(51)32-30-29-31-42-46-41(39-62-42)49-47(54)50-46;/h40-42,46H,3-39H2,1-2H3,(H,48,51)(H,55,56)(H2,49,50,54);/q;+1/p-1. The van der Waals surface area contributed by atoms with E-state index in [4.69, 9.17) is 18.5 Å². The maximum absolute atomic E-state index is 12.8. The van der Waals surface area contributed by atoms with Crippen molar-refractivity contribution in [2.75, 3.05) is 32.1 Å². The number of urea groups is 1. The summed E-state index contributed by atoms with van der Waals surface area (Å²) in [5.41, 5.74) is 0. The van der Waals surface area contributed by atoms with E-state index in [1.165, 1.54) is 116 Å². The molecule has 3 amide bonds. The van der Waals surface area contributed by atoms with Crippen LogP contribution in [0.3, 0.4) is 0 Å². The molecule has 13 nitrogen and oxygen atoms in total. The van der Waals surface area contributed by atoms with Crippen molar-refractivity contribution in [3.8, 4) is 0 Å². The zero-order valence-corrected chi connectivity index (χ0v) is 43.6. The summed E-state index contributed by atoms with van der Waals surface area (Å²) in [6.45, 7) is 3.27. The van der Waals surface area contributed by atoms with Gasteiger partial charge in [0.2, 0.25) is 5.91 Å². The first kappa shape index (κ1) is 60.2. The number of fused-ring (bicyclic) bond motifs is 1. The Hall–Kier alpha value is -0.860. The number of hydrogen-bond donors (Lipinski definition) is 3. The van der Waals surface area contributed by atoms with Crippen molar-refractivity contribution in [3.05, 3.63) is 0 Å². The van der Waals surface area contributed by atoms with Crippen molar-refractivity contribution < 1.29 is 76.7 Å². The molecule has 2 aliphatic rings. The molecule has 0 aliphatic carbocycles. The fourth-order valence-corrected chi connectivity index (χ4v) is 10.4. The van der Waals surface area contributed by atoms with Gasteiger partial charge in [-0.3, -0.25) is 18.9 Å². The second-order valence-corrected chi connectivity index (χ2v) is 20.3. The molecule has 16 heteroatoms. The first-order valence-electron chi connectivity index (χ1n) is 25.0. The minimum absolute atomic E-state index is 0. The van der Waals surface area contributed by atoms with Crippen molar-refractivity contribution in [1.29, 1.82) is 0 Å². The molecule has 2 saturated heterocycles. The summed E-state index contributed by atoms with van der Waals surface area (Å²) >= 11 is 1.83. The Bertz CT molecular complexity index is 1240. The Morgan fingerprint density at radius 1 is 0.667 bits per heavy atom. The molecule has 0 aromatic heterocycles. The maximum Gasteiger partial charge on any atom is 1.00 e. The third kappa shape index (κ3) is 33.3. The van der Waals surface area contributed by atoms with E-state index in [1.807, 2.05) is 11.8 Å². The summed E-state index contributed by atoms with van der Waals surface area (Å²) in [6, 6.07) is 0.186. The average Bonchev–Trinajstić information content (AvgIpc) is 3.81. The molecule has 2 aliphatic heterocycles. The number of thioether (sulfide) groups is 1. The molecule has 5 unspecified atom stereocenters. The van der Waals surface area contributed by atoms with E-state index in [9.17, 15) is 28.6 Å². The molecule has 0 saturated carbocycles. The van der Waals surface area contributed by atoms with Crippen LogP contribution in [0, 0.1) is 0 Å². The van der Waals surface area contributed by atoms with Crippen LogP contribution < -0.4 is 50.4 Å². The minimum atomic E-state index is -4.81. The summed E-state index contributed by atoms with van der Waals surface area (Å²) < 4.78 is 33.6. The Kier molecular flexibility index (Phi) is 38.4. The molecular formula is C47H87N3NaO10PS. The number of rotatable bonds is 43. The summed E-state index contributed by atoms with van der Waals surface area (Å²) in [6.07, 6.45) is 33.1. The fraction of sp³-hybridized carbons (Fsp3) is 0.915. The van der Waals surface area contributed by atoms with Crippen LogP contribution in [0.25, 0.3) is 0 Å². The molecule has 0 aromatic rings. The van der Waals surface area contributed by atoms with E-state index in [2.05, 4.69) is 29.8 Å². The van der Waals surface area contributed by atoms with E-state index >= 15 is 0 Å². The van der Waals surface area contributed by atoms with Gasteiger partial charge in [-0.1, -0.05) is 174 Å². The van der Waals surface area contributed by atoms with E-state index < -0.39 is 32.5 Å². The third-order valence-electron chi connectivity index (χ3n) is 11.9. The van der Waals surface area contributed by atoms with Gasteiger partial charge in [-0.2, -0.15) is 11.8 Å². The number of ether oxygens (including phenoxy) is 2. The van der Waals surface area contributed by atoms with Crippen LogP contribution in [0.15, 0.2) is 0 Å². The second-order valence-electron chi connectivity index (χ2n) is 17.6. The monoisotopic (exact) mass is 940 g/mol. The van der Waals surface area contributed by atoms with Crippen molar-refractivity contribution in [3.63, 3.8) is 0 Å². The Morgan fingerprint density at radius 3 is 1.67 bits per heavy atom. The molecule has 63 heavy (non-hydrogen) atoms. The summed E-state index contributed by atoms with van der Waals surface area (Å²) in [7, 11) is -4.81. The van der Waals surface area contributed by atoms with Crippen LogP contribution in [-0.2, 0) is 37.5 Å². The minimum Gasteiger partial charge on any atom is -0.756 e. The van der Waals surface area contributed by atoms with Crippen molar-refractivity contribution >= 4 is 43.5 Å². The van der Waals surface area contributed by atoms with Crippen LogP contribution in [-0.4, -0.2) is 79.4 Å². The Balaban J connectivity index is 0.0000198. The van der Waals surface area contributed by atoms with Crippen molar-refractivity contribution in [2.45, 2.75) is 243 Å². The van der Waals surface area contributed by atoms with E-state index in [0.717, 1.165) is 57.1 Å². The van der Waals surface area contributed by atoms with Gasteiger partial charge in [0, 0.05) is 36.8 Å². The number of unbranched alkanes of at least 4 members (excludes halogenated alkanes) is 25. The van der Waals surface area contributed by atoms with Crippen LogP contribution in [0.1, 0.15) is 219 Å². The van der Waals surface area contributed by atoms with Gasteiger partial charge in [0.25, 0.3) is 7.82 Å².